The predicted molar refractivity (Wildman–Crippen MR) is 107 cm³/mol. The number of anilines is 1. The van der Waals surface area contributed by atoms with Gasteiger partial charge in [-0.1, -0.05) is 42.9 Å². The molecular weight excluding hydrogens is 378 g/mol. The highest BCUT2D eigenvalue weighted by Crippen LogP contribution is 2.17. The largest absolute Gasteiger partial charge is 0.492 e. The van der Waals surface area contributed by atoms with E-state index in [9.17, 15) is 9.59 Å². The summed E-state index contributed by atoms with van der Waals surface area (Å²) in [7, 11) is 0. The van der Waals surface area contributed by atoms with Crippen molar-refractivity contribution in [1.82, 2.24) is 20.0 Å². The average Bonchev–Trinajstić information content (AvgIpc) is 3.15. The third-order valence-electron chi connectivity index (χ3n) is 3.85. The number of nitrogens with zero attached hydrogens (tertiary/aromatic N) is 4. The van der Waals surface area contributed by atoms with Crippen LogP contribution in [-0.4, -0.2) is 32.5 Å². The number of para-hydroxylation sites is 1. The molecule has 3 aromatic rings. The van der Waals surface area contributed by atoms with Gasteiger partial charge in [-0.05, 0) is 24.6 Å². The van der Waals surface area contributed by atoms with E-state index in [0.717, 1.165) is 24.3 Å². The molecule has 0 aliphatic heterocycles. The fourth-order valence-electron chi connectivity index (χ4n) is 2.39. The number of aromatic nitrogens is 4. The lowest BCUT2D eigenvalue weighted by Gasteiger charge is -2.08. The van der Waals surface area contributed by atoms with Crippen LogP contribution in [-0.2, 0) is 13.0 Å². The molecule has 0 atom stereocenters. The summed E-state index contributed by atoms with van der Waals surface area (Å²) >= 11 is 1.34. The summed E-state index contributed by atoms with van der Waals surface area (Å²) in [6, 6.07) is 12.0. The van der Waals surface area contributed by atoms with Gasteiger partial charge in [0.1, 0.15) is 23.1 Å². The van der Waals surface area contributed by atoms with Crippen molar-refractivity contribution in [2.24, 2.45) is 0 Å². The van der Waals surface area contributed by atoms with E-state index >= 15 is 0 Å². The van der Waals surface area contributed by atoms with Crippen LogP contribution in [0.15, 0.2) is 47.3 Å². The zero-order valence-electron chi connectivity index (χ0n) is 15.5. The first-order valence-electron chi connectivity index (χ1n) is 9.05. The van der Waals surface area contributed by atoms with Crippen LogP contribution >= 0.6 is 11.3 Å². The first-order valence-corrected chi connectivity index (χ1v) is 9.87. The summed E-state index contributed by atoms with van der Waals surface area (Å²) in [5.74, 6) is 0.274. The van der Waals surface area contributed by atoms with Crippen LogP contribution in [0.2, 0.25) is 0 Å². The quantitative estimate of drug-likeness (QED) is 0.594. The van der Waals surface area contributed by atoms with Crippen LogP contribution < -0.4 is 15.6 Å². The maximum absolute atomic E-state index is 12.4. The fraction of sp³-hybridized carbons (Fsp3) is 0.316. The lowest BCUT2D eigenvalue weighted by molar-refractivity contribution is 0.101. The molecule has 0 saturated carbocycles. The number of hydrogen-bond acceptors (Lipinski definition) is 7. The molecule has 9 heteroatoms. The zero-order valence-corrected chi connectivity index (χ0v) is 16.3. The minimum atomic E-state index is -0.434. The Balaban J connectivity index is 1.60. The van der Waals surface area contributed by atoms with Gasteiger partial charge in [0, 0.05) is 12.5 Å². The van der Waals surface area contributed by atoms with Crippen molar-refractivity contribution < 1.29 is 9.53 Å². The fourth-order valence-corrected chi connectivity index (χ4v) is 3.17. The van der Waals surface area contributed by atoms with Crippen LogP contribution in [0.25, 0.3) is 0 Å². The molecule has 0 aliphatic rings. The number of aryl methyl sites for hydroxylation is 1. The topological polar surface area (TPSA) is 99.0 Å². The molecule has 0 bridgehead atoms. The number of rotatable bonds is 9. The van der Waals surface area contributed by atoms with E-state index in [4.69, 9.17) is 4.74 Å². The molecule has 0 spiro atoms. The molecule has 1 aromatic carbocycles. The molecule has 0 saturated heterocycles. The van der Waals surface area contributed by atoms with E-state index in [1.165, 1.54) is 28.2 Å². The summed E-state index contributed by atoms with van der Waals surface area (Å²) < 4.78 is 6.79. The second-order valence-corrected chi connectivity index (χ2v) is 7.06. The smallest absolute Gasteiger partial charge is 0.277 e. The molecule has 0 aliphatic carbocycles. The van der Waals surface area contributed by atoms with Gasteiger partial charge in [0.2, 0.25) is 5.13 Å². The number of amides is 1. The summed E-state index contributed by atoms with van der Waals surface area (Å²) in [5.41, 5.74) is -0.171. The average molecular weight is 399 g/mol. The Kier molecular flexibility index (Phi) is 6.85. The zero-order chi connectivity index (χ0) is 19.8. The molecule has 0 fully saturated rings. The highest BCUT2D eigenvalue weighted by atomic mass is 32.1. The highest BCUT2D eigenvalue weighted by Gasteiger charge is 2.13. The molecular formula is C19H21N5O3S. The Hall–Kier alpha value is -3.07. The van der Waals surface area contributed by atoms with Gasteiger partial charge in [-0.25, -0.2) is 4.68 Å². The first-order chi connectivity index (χ1) is 13.7. The van der Waals surface area contributed by atoms with E-state index in [-0.39, 0.29) is 24.4 Å². The van der Waals surface area contributed by atoms with Crippen molar-refractivity contribution in [1.29, 1.82) is 0 Å². The van der Waals surface area contributed by atoms with Crippen LogP contribution in [0.1, 0.15) is 35.3 Å². The van der Waals surface area contributed by atoms with E-state index in [0.29, 0.717) is 10.9 Å². The van der Waals surface area contributed by atoms with Crippen molar-refractivity contribution in [3.63, 3.8) is 0 Å². The van der Waals surface area contributed by atoms with Crippen molar-refractivity contribution in [2.45, 2.75) is 32.7 Å². The summed E-state index contributed by atoms with van der Waals surface area (Å²) in [4.78, 5) is 24.4. The molecule has 0 radical (unpaired) electrons. The normalized spacial score (nSPS) is 10.6. The lowest BCUT2D eigenvalue weighted by Crippen LogP contribution is -2.28. The monoisotopic (exact) mass is 399 g/mol. The molecule has 146 valence electrons. The van der Waals surface area contributed by atoms with Crippen molar-refractivity contribution >= 4 is 22.4 Å². The lowest BCUT2D eigenvalue weighted by atomic mass is 10.3. The molecule has 0 unspecified atom stereocenters. The maximum Gasteiger partial charge on any atom is 0.277 e. The van der Waals surface area contributed by atoms with E-state index in [1.54, 1.807) is 0 Å². The molecule has 2 aromatic heterocycles. The third-order valence-corrected chi connectivity index (χ3v) is 4.74. The van der Waals surface area contributed by atoms with Crippen LogP contribution in [0, 0.1) is 0 Å². The SMILES string of the molecule is CCCCc1nnc(NC(=O)c2ccc(=O)n(CCOc3ccccc3)n2)s1. The van der Waals surface area contributed by atoms with Gasteiger partial charge in [0.15, 0.2) is 0 Å². The number of benzene rings is 1. The second kappa shape index (κ2) is 9.75. The number of carbonyl (C=O) groups excluding carboxylic acids is 1. The van der Waals surface area contributed by atoms with Crippen molar-refractivity contribution in [3.05, 3.63) is 63.5 Å². The Bertz CT molecular complexity index is 971. The molecule has 1 amide bonds. The molecule has 1 N–H and O–H groups in total. The van der Waals surface area contributed by atoms with Crippen molar-refractivity contribution in [2.75, 3.05) is 11.9 Å². The Morgan fingerprint density at radius 1 is 1.18 bits per heavy atom. The minimum absolute atomic E-state index is 0.129. The van der Waals surface area contributed by atoms with Gasteiger partial charge in [-0.2, -0.15) is 5.10 Å². The standard InChI is InChI=1S/C19H21N5O3S/c1-2-3-9-16-21-22-19(28-16)20-18(26)15-10-11-17(25)24(23-15)12-13-27-14-7-5-4-6-8-14/h4-8,10-11H,2-3,9,12-13H2,1H3,(H,20,22,26). The molecule has 3 rings (SSSR count). The van der Waals surface area contributed by atoms with Gasteiger partial charge in [-0.15, -0.1) is 10.2 Å². The first kappa shape index (κ1) is 19.7. The van der Waals surface area contributed by atoms with E-state index in [1.807, 2.05) is 30.3 Å². The minimum Gasteiger partial charge on any atom is -0.492 e. The summed E-state index contributed by atoms with van der Waals surface area (Å²) in [6.07, 6.45) is 2.94. The van der Waals surface area contributed by atoms with Crippen LogP contribution in [0.4, 0.5) is 5.13 Å². The second-order valence-electron chi connectivity index (χ2n) is 6.00. The van der Waals surface area contributed by atoms with Crippen molar-refractivity contribution in [3.8, 4) is 5.75 Å². The van der Waals surface area contributed by atoms with Crippen LogP contribution in [0.5, 0.6) is 5.75 Å². The molecule has 2 heterocycles. The Morgan fingerprint density at radius 3 is 2.79 bits per heavy atom. The number of ether oxygens (including phenoxy) is 1. The third kappa shape index (κ3) is 5.46. The highest BCUT2D eigenvalue weighted by molar-refractivity contribution is 7.15. The van der Waals surface area contributed by atoms with E-state index < -0.39 is 5.91 Å². The van der Waals surface area contributed by atoms with Gasteiger partial charge in [0.05, 0.1) is 6.54 Å². The number of unbranched alkanes of at least 4 members (excludes halogenated alkanes) is 1. The van der Waals surface area contributed by atoms with Gasteiger partial charge in [0.25, 0.3) is 11.5 Å². The van der Waals surface area contributed by atoms with Gasteiger partial charge >= 0.3 is 0 Å². The number of nitrogens with one attached hydrogen (secondary N) is 1. The summed E-state index contributed by atoms with van der Waals surface area (Å²) in [5, 5.41) is 16.1. The predicted octanol–water partition coefficient (Wildman–Crippen LogP) is 2.77. The van der Waals surface area contributed by atoms with Crippen LogP contribution in [0.3, 0.4) is 0 Å². The Labute approximate surface area is 166 Å². The number of carbonyl (C=O) groups is 1. The molecule has 8 nitrogen and oxygen atoms in total. The van der Waals surface area contributed by atoms with Gasteiger partial charge in [-0.3, -0.25) is 14.9 Å². The van der Waals surface area contributed by atoms with Gasteiger partial charge < -0.3 is 4.74 Å². The van der Waals surface area contributed by atoms with E-state index in [2.05, 4.69) is 27.5 Å². The maximum atomic E-state index is 12.4. The number of hydrogen-bond donors (Lipinski definition) is 1. The Morgan fingerprint density at radius 2 is 2.00 bits per heavy atom. The summed E-state index contributed by atoms with van der Waals surface area (Å²) in [6.45, 7) is 2.60. The molecule has 28 heavy (non-hydrogen) atoms.